The Balaban J connectivity index is 2.04. The molecule has 1 aliphatic rings. The second-order valence-corrected chi connectivity index (χ2v) is 7.84. The number of amides is 1. The van der Waals surface area contributed by atoms with Gasteiger partial charge >= 0.3 is 0 Å². The molecule has 0 radical (unpaired) electrons. The van der Waals surface area contributed by atoms with E-state index in [0.29, 0.717) is 38.4 Å². The predicted octanol–water partition coefficient (Wildman–Crippen LogP) is -0.371. The summed E-state index contributed by atoms with van der Waals surface area (Å²) in [6, 6.07) is 0. The van der Waals surface area contributed by atoms with E-state index in [9.17, 15) is 13.2 Å². The zero-order valence-corrected chi connectivity index (χ0v) is 14.4. The Bertz CT molecular complexity index is 645. The lowest BCUT2D eigenvalue weighted by atomic mass is 10.0. The Morgan fingerprint density at radius 2 is 2.13 bits per heavy atom. The Labute approximate surface area is 136 Å². The van der Waals surface area contributed by atoms with Crippen molar-refractivity contribution < 1.29 is 17.9 Å². The van der Waals surface area contributed by atoms with E-state index in [1.807, 2.05) is 0 Å². The summed E-state index contributed by atoms with van der Waals surface area (Å²) >= 11 is 0. The summed E-state index contributed by atoms with van der Waals surface area (Å²) in [5.41, 5.74) is 0.998. The summed E-state index contributed by atoms with van der Waals surface area (Å²) in [7, 11) is 0.0719. The molecule has 8 nitrogen and oxygen atoms in total. The van der Waals surface area contributed by atoms with E-state index < -0.39 is 10.0 Å². The molecule has 23 heavy (non-hydrogen) atoms. The van der Waals surface area contributed by atoms with E-state index in [4.69, 9.17) is 4.74 Å². The molecule has 1 aliphatic heterocycles. The van der Waals surface area contributed by atoms with Gasteiger partial charge < -0.3 is 9.64 Å². The van der Waals surface area contributed by atoms with Crippen LogP contribution in [-0.2, 0) is 21.2 Å². The van der Waals surface area contributed by atoms with Crippen LogP contribution in [-0.4, -0.2) is 80.2 Å². The highest BCUT2D eigenvalue weighted by Gasteiger charge is 2.25. The van der Waals surface area contributed by atoms with E-state index in [1.54, 1.807) is 20.3 Å². The van der Waals surface area contributed by atoms with Crippen LogP contribution in [0.15, 0.2) is 12.4 Å². The van der Waals surface area contributed by atoms with Crippen molar-refractivity contribution in [3.05, 3.63) is 23.8 Å². The molecular weight excluding hydrogens is 320 g/mol. The van der Waals surface area contributed by atoms with Crippen molar-refractivity contribution in [3.63, 3.8) is 0 Å². The molecule has 1 amide bonds. The summed E-state index contributed by atoms with van der Waals surface area (Å²) in [6.07, 6.45) is 4.77. The third-order valence-electron chi connectivity index (χ3n) is 3.60. The topological polar surface area (TPSA) is 92.7 Å². The van der Waals surface area contributed by atoms with Crippen LogP contribution in [0.1, 0.15) is 16.2 Å². The van der Waals surface area contributed by atoms with Gasteiger partial charge in [-0.05, 0) is 6.42 Å². The van der Waals surface area contributed by atoms with E-state index in [0.717, 1.165) is 0 Å². The maximum atomic E-state index is 11.8. The number of rotatable bonds is 4. The Morgan fingerprint density at radius 1 is 1.39 bits per heavy atom. The van der Waals surface area contributed by atoms with E-state index in [-0.39, 0.29) is 17.5 Å². The zero-order chi connectivity index (χ0) is 17.0. The van der Waals surface area contributed by atoms with Gasteiger partial charge in [0.1, 0.15) is 5.69 Å². The molecule has 1 atom stereocenters. The molecular formula is C14H22N4O4S. The minimum atomic E-state index is -3.23. The molecule has 0 spiro atoms. The molecule has 0 unspecified atom stereocenters. The van der Waals surface area contributed by atoms with Gasteiger partial charge in [-0.3, -0.25) is 9.78 Å². The van der Waals surface area contributed by atoms with Crippen LogP contribution in [0.2, 0.25) is 0 Å². The van der Waals surface area contributed by atoms with E-state index in [1.165, 1.54) is 21.7 Å². The SMILES string of the molecule is CN(C)C(=O)c1cnc(C[C@H]2COCCN(S(C)(=O)=O)C2)cn1. The first-order valence-corrected chi connectivity index (χ1v) is 9.17. The quantitative estimate of drug-likeness (QED) is 0.741. The van der Waals surface area contributed by atoms with E-state index >= 15 is 0 Å². The molecule has 0 saturated carbocycles. The Morgan fingerprint density at radius 3 is 2.70 bits per heavy atom. The smallest absolute Gasteiger partial charge is 0.273 e. The van der Waals surface area contributed by atoms with Gasteiger partial charge in [0.05, 0.1) is 31.4 Å². The molecule has 1 saturated heterocycles. The lowest BCUT2D eigenvalue weighted by Gasteiger charge is -2.20. The van der Waals surface area contributed by atoms with Crippen molar-refractivity contribution in [1.82, 2.24) is 19.2 Å². The Kier molecular flexibility index (Phi) is 5.66. The third kappa shape index (κ3) is 4.95. The van der Waals surface area contributed by atoms with Gasteiger partial charge in [-0.2, -0.15) is 4.31 Å². The van der Waals surface area contributed by atoms with Crippen molar-refractivity contribution in [2.75, 3.05) is 46.7 Å². The predicted molar refractivity (Wildman–Crippen MR) is 84.5 cm³/mol. The standard InChI is InChI=1S/C14H22N4O4S/c1-17(2)14(19)13-8-15-12(7-16-13)6-11-9-18(23(3,20)21)4-5-22-10-11/h7-8,11H,4-6,9-10H2,1-3H3/t11-/m1/s1. The van der Waals surface area contributed by atoms with Crippen LogP contribution in [0, 0.1) is 5.92 Å². The summed E-state index contributed by atoms with van der Waals surface area (Å²) in [6.45, 7) is 1.65. The first kappa shape index (κ1) is 17.8. The lowest BCUT2D eigenvalue weighted by molar-refractivity contribution is 0.0821. The number of carbonyl (C=O) groups excluding carboxylic acids is 1. The highest BCUT2D eigenvalue weighted by molar-refractivity contribution is 7.88. The van der Waals surface area contributed by atoms with Gasteiger partial charge in [0, 0.05) is 39.3 Å². The maximum absolute atomic E-state index is 11.8. The largest absolute Gasteiger partial charge is 0.380 e. The zero-order valence-electron chi connectivity index (χ0n) is 13.6. The molecule has 1 aromatic heterocycles. The molecule has 1 aromatic rings. The maximum Gasteiger partial charge on any atom is 0.273 e. The molecule has 1 fully saturated rings. The van der Waals surface area contributed by atoms with Crippen molar-refractivity contribution in [2.45, 2.75) is 6.42 Å². The minimum absolute atomic E-state index is 0.0110. The summed E-state index contributed by atoms with van der Waals surface area (Å²) in [5, 5.41) is 0. The van der Waals surface area contributed by atoms with Crippen molar-refractivity contribution in [1.29, 1.82) is 0 Å². The highest BCUT2D eigenvalue weighted by Crippen LogP contribution is 2.14. The molecule has 128 valence electrons. The number of ether oxygens (including phenoxy) is 1. The lowest BCUT2D eigenvalue weighted by Crippen LogP contribution is -2.35. The molecule has 9 heteroatoms. The number of sulfonamides is 1. The molecule has 0 aliphatic carbocycles. The summed E-state index contributed by atoms with van der Waals surface area (Å²) < 4.78 is 30.4. The normalized spacial score (nSPS) is 20.0. The molecule has 0 N–H and O–H groups in total. The second-order valence-electron chi connectivity index (χ2n) is 5.86. The number of hydrogen-bond acceptors (Lipinski definition) is 6. The summed E-state index contributed by atoms with van der Waals surface area (Å²) in [4.78, 5) is 21.6. The molecule has 0 bridgehead atoms. The van der Waals surface area contributed by atoms with Crippen molar-refractivity contribution >= 4 is 15.9 Å². The average Bonchev–Trinajstić information content (AvgIpc) is 2.72. The molecule has 2 rings (SSSR count). The van der Waals surface area contributed by atoms with Crippen LogP contribution < -0.4 is 0 Å². The number of carbonyl (C=O) groups is 1. The molecule has 2 heterocycles. The van der Waals surface area contributed by atoms with Gasteiger partial charge in [0.2, 0.25) is 10.0 Å². The van der Waals surface area contributed by atoms with E-state index in [2.05, 4.69) is 9.97 Å². The summed E-state index contributed by atoms with van der Waals surface area (Å²) in [5.74, 6) is -0.193. The third-order valence-corrected chi connectivity index (χ3v) is 4.87. The van der Waals surface area contributed by atoms with Crippen LogP contribution >= 0.6 is 0 Å². The van der Waals surface area contributed by atoms with Gasteiger partial charge in [-0.25, -0.2) is 13.4 Å². The molecule has 0 aromatic carbocycles. The number of aromatic nitrogens is 2. The van der Waals surface area contributed by atoms with Crippen LogP contribution in [0.3, 0.4) is 0 Å². The van der Waals surface area contributed by atoms with Crippen molar-refractivity contribution in [3.8, 4) is 0 Å². The van der Waals surface area contributed by atoms with Gasteiger partial charge in [-0.1, -0.05) is 0 Å². The fraction of sp³-hybridized carbons (Fsp3) is 0.643. The highest BCUT2D eigenvalue weighted by atomic mass is 32.2. The minimum Gasteiger partial charge on any atom is -0.380 e. The van der Waals surface area contributed by atoms with Crippen LogP contribution in [0.5, 0.6) is 0 Å². The fourth-order valence-electron chi connectivity index (χ4n) is 2.37. The van der Waals surface area contributed by atoms with Crippen LogP contribution in [0.4, 0.5) is 0 Å². The monoisotopic (exact) mass is 342 g/mol. The average molecular weight is 342 g/mol. The van der Waals surface area contributed by atoms with Gasteiger partial charge in [0.15, 0.2) is 0 Å². The number of hydrogen-bond donors (Lipinski definition) is 0. The van der Waals surface area contributed by atoms with Gasteiger partial charge in [-0.15, -0.1) is 0 Å². The second kappa shape index (κ2) is 7.33. The fourth-order valence-corrected chi connectivity index (χ4v) is 3.26. The van der Waals surface area contributed by atoms with Gasteiger partial charge in [0.25, 0.3) is 5.91 Å². The first-order valence-electron chi connectivity index (χ1n) is 7.33. The van der Waals surface area contributed by atoms with Crippen LogP contribution in [0.25, 0.3) is 0 Å². The van der Waals surface area contributed by atoms with Crippen molar-refractivity contribution in [2.24, 2.45) is 5.92 Å². The first-order chi connectivity index (χ1) is 10.8. The Hall–Kier alpha value is -1.58. The number of nitrogens with zero attached hydrogens (tertiary/aromatic N) is 4.